The van der Waals surface area contributed by atoms with Gasteiger partial charge in [-0.2, -0.15) is 0 Å². The number of para-hydroxylation sites is 1. The minimum absolute atomic E-state index is 0.666. The molecule has 0 spiro atoms. The Balaban J connectivity index is 1.61. The number of amidine groups is 1. The Bertz CT molecular complexity index is 965. The van der Waals surface area contributed by atoms with Crippen LogP contribution >= 0.6 is 0 Å². The topological polar surface area (TPSA) is 47.9 Å². The predicted octanol–water partition coefficient (Wildman–Crippen LogP) is 2.18. The van der Waals surface area contributed by atoms with Crippen molar-refractivity contribution in [3.05, 3.63) is 47.7 Å². The number of likely N-dealkylation sites (N-methyl/N-ethyl adjacent to an activating group) is 1. The van der Waals surface area contributed by atoms with Crippen molar-refractivity contribution in [3.8, 4) is 11.8 Å². The van der Waals surface area contributed by atoms with Crippen molar-refractivity contribution < 1.29 is 0 Å². The van der Waals surface area contributed by atoms with Crippen LogP contribution in [0.25, 0.3) is 10.9 Å². The minimum Gasteiger partial charge on any atom is -0.350 e. The Kier molecular flexibility index (Phi) is 4.21. The predicted molar refractivity (Wildman–Crippen MR) is 103 cm³/mol. The van der Waals surface area contributed by atoms with Crippen molar-refractivity contribution >= 4 is 16.7 Å². The Morgan fingerprint density at radius 3 is 2.88 bits per heavy atom. The zero-order valence-electron chi connectivity index (χ0n) is 15.4. The molecule has 2 aromatic rings. The number of rotatable bonds is 3. The van der Waals surface area contributed by atoms with E-state index in [9.17, 15) is 0 Å². The molecule has 0 aliphatic carbocycles. The highest BCUT2D eigenvalue weighted by Crippen LogP contribution is 2.23. The van der Waals surface area contributed by atoms with E-state index in [0.29, 0.717) is 19.8 Å². The van der Waals surface area contributed by atoms with Crippen LogP contribution in [0.2, 0.25) is 0 Å². The van der Waals surface area contributed by atoms with E-state index in [1.807, 2.05) is 32.0 Å². The molecule has 6 nitrogen and oxygen atoms in total. The van der Waals surface area contributed by atoms with E-state index in [-0.39, 0.29) is 0 Å². The van der Waals surface area contributed by atoms with Gasteiger partial charge >= 0.3 is 0 Å². The van der Waals surface area contributed by atoms with Gasteiger partial charge in [-0.05, 0) is 19.9 Å². The van der Waals surface area contributed by atoms with E-state index in [0.717, 1.165) is 40.6 Å². The summed E-state index contributed by atoms with van der Waals surface area (Å²) in [5.74, 6) is 7.96. The van der Waals surface area contributed by atoms with Crippen LogP contribution in [0.5, 0.6) is 0 Å². The second kappa shape index (κ2) is 6.68. The van der Waals surface area contributed by atoms with Crippen LogP contribution < -0.4 is 0 Å². The van der Waals surface area contributed by atoms with E-state index >= 15 is 0 Å². The van der Waals surface area contributed by atoms with Gasteiger partial charge in [0.2, 0.25) is 0 Å². The third-order valence-corrected chi connectivity index (χ3v) is 4.65. The van der Waals surface area contributed by atoms with Crippen molar-refractivity contribution in [2.24, 2.45) is 4.99 Å². The summed E-state index contributed by atoms with van der Waals surface area (Å²) in [5, 5.41) is 1.11. The second-order valence-corrected chi connectivity index (χ2v) is 6.59. The van der Waals surface area contributed by atoms with Gasteiger partial charge in [-0.15, -0.1) is 5.92 Å². The van der Waals surface area contributed by atoms with Gasteiger partial charge in [-0.3, -0.25) is 0 Å². The molecule has 4 rings (SSSR count). The molecule has 6 heteroatoms. The maximum Gasteiger partial charge on any atom is 0.152 e. The zero-order valence-corrected chi connectivity index (χ0v) is 15.4. The van der Waals surface area contributed by atoms with Gasteiger partial charge in [0.25, 0.3) is 0 Å². The van der Waals surface area contributed by atoms with Gasteiger partial charge in [-0.25, -0.2) is 15.0 Å². The standard InChI is InChI=1S/C20H22N6/c1-4-5-10-26-13-21-20-18(26)11-25(14-24(20)3)12-19-22-15(2)16-8-6-7-9-17(16)23-19/h6-9,11H,10,12-14H2,1-3H3. The normalized spacial score (nSPS) is 16.2. The maximum atomic E-state index is 4.74. The Morgan fingerprint density at radius 1 is 1.19 bits per heavy atom. The van der Waals surface area contributed by atoms with Gasteiger partial charge in [-0.1, -0.05) is 24.1 Å². The maximum absolute atomic E-state index is 4.74. The first kappa shape index (κ1) is 16.4. The summed E-state index contributed by atoms with van der Waals surface area (Å²) in [7, 11) is 2.07. The lowest BCUT2D eigenvalue weighted by Gasteiger charge is -2.34. The fraction of sp³-hybridized carbons (Fsp3) is 0.350. The summed E-state index contributed by atoms with van der Waals surface area (Å²) >= 11 is 0. The number of aryl methyl sites for hydroxylation is 1. The van der Waals surface area contributed by atoms with Crippen molar-refractivity contribution in [2.45, 2.75) is 20.4 Å². The van der Waals surface area contributed by atoms with Crippen LogP contribution in [0, 0.1) is 18.8 Å². The first-order chi connectivity index (χ1) is 12.7. The molecule has 0 bridgehead atoms. The van der Waals surface area contributed by atoms with Gasteiger partial charge < -0.3 is 14.7 Å². The summed E-state index contributed by atoms with van der Waals surface area (Å²) in [5.41, 5.74) is 3.14. The molecule has 1 aromatic heterocycles. The van der Waals surface area contributed by atoms with Gasteiger partial charge in [0.05, 0.1) is 31.0 Å². The molecule has 132 valence electrons. The van der Waals surface area contributed by atoms with Crippen LogP contribution in [0.4, 0.5) is 0 Å². The number of hydrogen-bond acceptors (Lipinski definition) is 6. The molecule has 1 aromatic carbocycles. The van der Waals surface area contributed by atoms with Crippen molar-refractivity contribution in [2.75, 3.05) is 26.9 Å². The number of aromatic nitrogens is 2. The average molecular weight is 346 g/mol. The molecule has 0 saturated heterocycles. The third kappa shape index (κ3) is 2.97. The molecule has 0 amide bonds. The monoisotopic (exact) mass is 346 g/mol. The highest BCUT2D eigenvalue weighted by molar-refractivity contribution is 5.99. The molecule has 0 unspecified atom stereocenters. The van der Waals surface area contributed by atoms with E-state index in [1.54, 1.807) is 0 Å². The lowest BCUT2D eigenvalue weighted by Crippen LogP contribution is -2.43. The van der Waals surface area contributed by atoms with Crippen molar-refractivity contribution in [1.29, 1.82) is 0 Å². The van der Waals surface area contributed by atoms with Gasteiger partial charge in [0.1, 0.15) is 12.5 Å². The SMILES string of the molecule is CC#CCN1CN=C2C1=CN(Cc1nc(C)c3ccccc3n1)CN2C. The highest BCUT2D eigenvalue weighted by atomic mass is 15.4. The summed E-state index contributed by atoms with van der Waals surface area (Å²) in [6.07, 6.45) is 2.16. The number of fused-ring (bicyclic) bond motifs is 2. The molecular weight excluding hydrogens is 324 g/mol. The Morgan fingerprint density at radius 2 is 2.04 bits per heavy atom. The fourth-order valence-electron chi connectivity index (χ4n) is 3.41. The largest absolute Gasteiger partial charge is 0.350 e. The van der Waals surface area contributed by atoms with Gasteiger partial charge in [0.15, 0.2) is 5.84 Å². The summed E-state index contributed by atoms with van der Waals surface area (Å²) in [6.45, 7) is 6.71. The zero-order chi connectivity index (χ0) is 18.1. The van der Waals surface area contributed by atoms with Gasteiger partial charge in [0, 0.05) is 24.3 Å². The number of aliphatic imine (C=N–C) groups is 1. The molecule has 26 heavy (non-hydrogen) atoms. The summed E-state index contributed by atoms with van der Waals surface area (Å²) in [4.78, 5) is 20.7. The van der Waals surface area contributed by atoms with Crippen LogP contribution in [0.15, 0.2) is 41.2 Å². The summed E-state index contributed by atoms with van der Waals surface area (Å²) in [6, 6.07) is 8.15. The minimum atomic E-state index is 0.666. The van der Waals surface area contributed by atoms with Crippen molar-refractivity contribution in [3.63, 3.8) is 0 Å². The van der Waals surface area contributed by atoms with Crippen LogP contribution in [0.1, 0.15) is 18.4 Å². The van der Waals surface area contributed by atoms with Crippen molar-refractivity contribution in [1.82, 2.24) is 24.7 Å². The lowest BCUT2D eigenvalue weighted by molar-refractivity contribution is 0.242. The third-order valence-electron chi connectivity index (χ3n) is 4.65. The first-order valence-corrected chi connectivity index (χ1v) is 8.74. The second-order valence-electron chi connectivity index (χ2n) is 6.59. The molecule has 0 atom stereocenters. The lowest BCUT2D eigenvalue weighted by atomic mass is 10.2. The molecule has 0 saturated carbocycles. The van der Waals surface area contributed by atoms with Crippen LogP contribution in [-0.2, 0) is 6.54 Å². The smallest absolute Gasteiger partial charge is 0.152 e. The summed E-state index contributed by atoms with van der Waals surface area (Å²) < 4.78 is 0. The van der Waals surface area contributed by atoms with E-state index in [1.165, 1.54) is 0 Å². The Hall–Kier alpha value is -3.07. The molecule has 2 aliphatic rings. The molecular formula is C20H22N6. The fourth-order valence-corrected chi connectivity index (χ4v) is 3.41. The quantitative estimate of drug-likeness (QED) is 0.797. The average Bonchev–Trinajstić information content (AvgIpc) is 3.03. The molecule has 0 N–H and O–H groups in total. The number of benzene rings is 1. The van der Waals surface area contributed by atoms with E-state index < -0.39 is 0 Å². The van der Waals surface area contributed by atoms with Crippen LogP contribution in [-0.4, -0.2) is 57.4 Å². The van der Waals surface area contributed by atoms with Crippen LogP contribution in [0.3, 0.4) is 0 Å². The number of nitrogens with zero attached hydrogens (tertiary/aromatic N) is 6. The van der Waals surface area contributed by atoms with E-state index in [4.69, 9.17) is 9.97 Å². The molecule has 0 radical (unpaired) electrons. The molecule has 3 heterocycles. The molecule has 2 aliphatic heterocycles. The highest BCUT2D eigenvalue weighted by Gasteiger charge is 2.29. The van der Waals surface area contributed by atoms with E-state index in [2.05, 4.69) is 50.8 Å². The number of hydrogen-bond donors (Lipinski definition) is 0. The Labute approximate surface area is 153 Å². The molecule has 0 fully saturated rings. The first-order valence-electron chi connectivity index (χ1n) is 8.74.